The third-order valence-electron chi connectivity index (χ3n) is 1.20. The minimum absolute atomic E-state index is 0.706. The van der Waals surface area contributed by atoms with Crippen molar-refractivity contribution >= 4 is 18.3 Å². The number of benzene rings is 1. The van der Waals surface area contributed by atoms with Crippen molar-refractivity contribution in [2.75, 3.05) is 0 Å². The maximum atomic E-state index is 9.86. The first-order valence-electron chi connectivity index (χ1n) is 2.89. The second-order valence-corrected chi connectivity index (χ2v) is 1.88. The van der Waals surface area contributed by atoms with Crippen molar-refractivity contribution < 1.29 is 4.79 Å². The van der Waals surface area contributed by atoms with Gasteiger partial charge in [0.05, 0.1) is 0 Å². The van der Waals surface area contributed by atoms with Gasteiger partial charge in [-0.15, -0.1) is 0 Å². The van der Waals surface area contributed by atoms with Gasteiger partial charge < -0.3 is 0 Å². The van der Waals surface area contributed by atoms with Crippen LogP contribution in [0, 0.1) is 0 Å². The second kappa shape index (κ2) is 2.84. The molecule has 0 saturated heterocycles. The minimum Gasteiger partial charge on any atom is -0.224 e. The van der Waals surface area contributed by atoms with Crippen molar-refractivity contribution in [3.05, 3.63) is 34.7 Å². The highest BCUT2D eigenvalue weighted by atomic mass is 16.1. The van der Waals surface area contributed by atoms with E-state index in [1.165, 1.54) is 0 Å². The van der Waals surface area contributed by atoms with Gasteiger partial charge in [0.1, 0.15) is 0 Å². The Labute approximate surface area is 58.6 Å². The molecule has 1 heteroatoms. The summed E-state index contributed by atoms with van der Waals surface area (Å²) < 4.78 is 0. The first-order valence-corrected chi connectivity index (χ1v) is 2.89. The van der Waals surface area contributed by atoms with E-state index in [1.54, 1.807) is 12.0 Å². The molecule has 0 aliphatic rings. The van der Waals surface area contributed by atoms with Gasteiger partial charge >= 0.3 is 0 Å². The van der Waals surface area contributed by atoms with E-state index >= 15 is 0 Å². The van der Waals surface area contributed by atoms with Crippen LogP contribution in [0.2, 0.25) is 0 Å². The van der Waals surface area contributed by atoms with Crippen molar-refractivity contribution in [2.24, 2.45) is 0 Å². The Morgan fingerprint density at radius 2 is 2.00 bits per heavy atom. The Hall–Kier alpha value is -1.55. The molecular formula is C9H6O. The SMILES string of the molecule is C=c1ccccc1=C=C=O. The fraction of sp³-hybridized carbons (Fsp3) is 0. The molecule has 48 valence electrons. The topological polar surface area (TPSA) is 17.1 Å². The highest BCUT2D eigenvalue weighted by Gasteiger charge is 1.75. The number of hydrogen-bond acceptors (Lipinski definition) is 1. The predicted molar refractivity (Wildman–Crippen MR) is 40.3 cm³/mol. The highest BCUT2D eigenvalue weighted by Crippen LogP contribution is 1.67. The molecule has 0 saturated carbocycles. The molecule has 0 atom stereocenters. The van der Waals surface area contributed by atoms with Crippen LogP contribution in [0.3, 0.4) is 0 Å². The van der Waals surface area contributed by atoms with Crippen molar-refractivity contribution in [1.82, 2.24) is 0 Å². The molecule has 0 unspecified atom stereocenters. The van der Waals surface area contributed by atoms with Gasteiger partial charge in [0.2, 0.25) is 0 Å². The van der Waals surface area contributed by atoms with Gasteiger partial charge in [-0.05, 0) is 17.0 Å². The summed E-state index contributed by atoms with van der Waals surface area (Å²) in [6.45, 7) is 3.70. The van der Waals surface area contributed by atoms with E-state index in [-0.39, 0.29) is 0 Å². The molecule has 1 nitrogen and oxygen atoms in total. The van der Waals surface area contributed by atoms with Crippen LogP contribution in [0.25, 0.3) is 12.3 Å². The van der Waals surface area contributed by atoms with Crippen LogP contribution in [0.5, 0.6) is 0 Å². The third-order valence-corrected chi connectivity index (χ3v) is 1.20. The fourth-order valence-electron chi connectivity index (χ4n) is 0.697. The van der Waals surface area contributed by atoms with E-state index in [1.807, 2.05) is 18.2 Å². The molecule has 0 aliphatic carbocycles. The molecule has 0 bridgehead atoms. The summed E-state index contributed by atoms with van der Waals surface area (Å²) in [4.78, 5) is 9.86. The van der Waals surface area contributed by atoms with Crippen molar-refractivity contribution in [3.63, 3.8) is 0 Å². The van der Waals surface area contributed by atoms with Crippen molar-refractivity contribution in [1.29, 1.82) is 0 Å². The predicted octanol–water partition coefficient (Wildman–Crippen LogP) is -0.136. The van der Waals surface area contributed by atoms with Crippen LogP contribution >= 0.6 is 0 Å². The first kappa shape index (κ1) is 6.57. The van der Waals surface area contributed by atoms with Crippen LogP contribution < -0.4 is 10.4 Å². The lowest BCUT2D eigenvalue weighted by Crippen LogP contribution is -2.20. The summed E-state index contributed by atoms with van der Waals surface area (Å²) in [6, 6.07) is 7.28. The molecule has 0 heterocycles. The zero-order valence-electron chi connectivity index (χ0n) is 5.42. The van der Waals surface area contributed by atoms with Crippen molar-refractivity contribution in [2.45, 2.75) is 0 Å². The van der Waals surface area contributed by atoms with Crippen LogP contribution in [0.4, 0.5) is 0 Å². The molecule has 0 N–H and O–H groups in total. The van der Waals surface area contributed by atoms with E-state index in [4.69, 9.17) is 0 Å². The summed E-state index contributed by atoms with van der Waals surface area (Å²) in [5, 5.41) is 1.50. The van der Waals surface area contributed by atoms with Gasteiger partial charge in [0.15, 0.2) is 5.94 Å². The van der Waals surface area contributed by atoms with Gasteiger partial charge in [-0.3, -0.25) is 0 Å². The summed E-state index contributed by atoms with van der Waals surface area (Å²) >= 11 is 0. The average Bonchev–Trinajstić information content (AvgIpc) is 1.94. The van der Waals surface area contributed by atoms with Crippen LogP contribution in [-0.2, 0) is 4.79 Å². The van der Waals surface area contributed by atoms with Crippen LogP contribution in [-0.4, -0.2) is 5.94 Å². The number of rotatable bonds is 0. The summed E-state index contributed by atoms with van der Waals surface area (Å²) in [7, 11) is 0. The quantitative estimate of drug-likeness (QED) is 0.447. The molecule has 0 aliphatic heterocycles. The normalized spacial score (nSPS) is 8.00. The smallest absolute Gasteiger partial charge is 0.177 e. The molecule has 0 spiro atoms. The lowest BCUT2D eigenvalue weighted by Gasteiger charge is -1.79. The zero-order valence-corrected chi connectivity index (χ0v) is 5.42. The maximum Gasteiger partial charge on any atom is 0.177 e. The Balaban J connectivity index is 3.77. The highest BCUT2D eigenvalue weighted by molar-refractivity contribution is 5.61. The van der Waals surface area contributed by atoms with E-state index in [9.17, 15) is 4.79 Å². The monoisotopic (exact) mass is 130 g/mol. The van der Waals surface area contributed by atoms with Gasteiger partial charge in [-0.25, -0.2) is 4.79 Å². The van der Waals surface area contributed by atoms with E-state index in [2.05, 4.69) is 12.3 Å². The molecule has 0 fully saturated rings. The molecular weight excluding hydrogens is 124 g/mol. The molecule has 0 amide bonds. The molecule has 1 aromatic rings. The summed E-state index contributed by atoms with van der Waals surface area (Å²) in [6.07, 6.45) is 0. The Morgan fingerprint density at radius 1 is 1.30 bits per heavy atom. The van der Waals surface area contributed by atoms with E-state index in [0.29, 0.717) is 5.22 Å². The molecule has 1 aromatic carbocycles. The molecule has 1 rings (SSSR count). The largest absolute Gasteiger partial charge is 0.224 e. The first-order chi connectivity index (χ1) is 4.84. The lowest BCUT2D eigenvalue weighted by atomic mass is 10.3. The molecule has 10 heavy (non-hydrogen) atoms. The minimum atomic E-state index is 0.706. The van der Waals surface area contributed by atoms with Gasteiger partial charge in [-0.2, -0.15) is 0 Å². The van der Waals surface area contributed by atoms with Crippen molar-refractivity contribution in [3.8, 4) is 0 Å². The Kier molecular flexibility index (Phi) is 1.86. The average molecular weight is 130 g/mol. The van der Waals surface area contributed by atoms with Crippen LogP contribution in [0.1, 0.15) is 0 Å². The number of carbonyl (C=O) groups excluding carboxylic acids is 1. The van der Waals surface area contributed by atoms with Gasteiger partial charge in [0, 0.05) is 5.22 Å². The summed E-state index contributed by atoms with van der Waals surface area (Å²) in [5.74, 6) is 1.58. The second-order valence-electron chi connectivity index (χ2n) is 1.88. The van der Waals surface area contributed by atoms with E-state index in [0.717, 1.165) is 5.22 Å². The molecule has 0 radical (unpaired) electrons. The van der Waals surface area contributed by atoms with Gasteiger partial charge in [-0.1, -0.05) is 24.8 Å². The lowest BCUT2D eigenvalue weighted by molar-refractivity contribution is 0.570. The van der Waals surface area contributed by atoms with Crippen LogP contribution in [0.15, 0.2) is 24.3 Å². The standard InChI is InChI=1S/C9H6O/c1-8-4-2-3-5-9(8)6-7-10/h2-5H,1H2. The zero-order chi connectivity index (χ0) is 7.40. The Morgan fingerprint density at radius 3 is 2.60 bits per heavy atom. The Bertz CT molecular complexity index is 379. The summed E-state index contributed by atoms with van der Waals surface area (Å²) in [5.41, 5.74) is 2.41. The molecule has 0 aromatic heterocycles. The fourth-order valence-corrected chi connectivity index (χ4v) is 0.697. The number of hydrogen-bond donors (Lipinski definition) is 0. The van der Waals surface area contributed by atoms with Gasteiger partial charge in [0.25, 0.3) is 0 Å². The maximum absolute atomic E-state index is 9.86. The third kappa shape index (κ3) is 1.24. The van der Waals surface area contributed by atoms with E-state index < -0.39 is 0 Å².